The molecule has 0 radical (unpaired) electrons. The van der Waals surface area contributed by atoms with Gasteiger partial charge in [-0.2, -0.15) is 10.2 Å². The lowest BCUT2D eigenvalue weighted by atomic mass is 9.79. The van der Waals surface area contributed by atoms with E-state index < -0.39 is 83.2 Å². The number of halogens is 1. The van der Waals surface area contributed by atoms with Gasteiger partial charge in [-0.3, -0.25) is 14.4 Å². The van der Waals surface area contributed by atoms with Gasteiger partial charge in [0, 0.05) is 26.1 Å². The number of carbonyl (C=O) groups excluding carboxylic acids is 3. The van der Waals surface area contributed by atoms with E-state index in [0.717, 1.165) is 5.56 Å². The van der Waals surface area contributed by atoms with Gasteiger partial charge >= 0.3 is 11.9 Å². The van der Waals surface area contributed by atoms with Crippen molar-refractivity contribution in [2.24, 2.45) is 28.0 Å². The standard InChI is InChI=1S/C41H67FN2O11/c1-15-21-40(10,52-14)37(55-39(51-13)30(9)45)26(5)35(54-34(46)22-24(3)28(7)42)27(6)38(48)53-33(16-2)41(11,49)36(47)25(4)23-43-44-29(8)31-17-19-32(50-12)20-18-31/h17-20,25-27,29-30,33,35,37,39,45,49H,15-16,21-23H2,1-14H3. The Balaban J connectivity index is 3.43. The number of esters is 2. The molecular formula is C41H67FN2O11. The zero-order valence-corrected chi connectivity index (χ0v) is 35.4. The van der Waals surface area contributed by atoms with Crippen LogP contribution in [0.4, 0.5) is 4.39 Å². The molecule has 0 heterocycles. The molecule has 11 atom stereocenters. The van der Waals surface area contributed by atoms with Gasteiger partial charge in [0.15, 0.2) is 17.7 Å². The monoisotopic (exact) mass is 782 g/mol. The molecule has 55 heavy (non-hydrogen) atoms. The summed E-state index contributed by atoms with van der Waals surface area (Å²) in [6, 6.07) is 7.10. The zero-order valence-electron chi connectivity index (χ0n) is 35.4. The number of hydrogen-bond acceptors (Lipinski definition) is 13. The molecule has 0 spiro atoms. The Kier molecular flexibility index (Phi) is 20.8. The molecule has 2 N–H and O–H groups in total. The highest BCUT2D eigenvalue weighted by Gasteiger charge is 2.49. The lowest BCUT2D eigenvalue weighted by Crippen LogP contribution is -2.55. The number of carbonyl (C=O) groups is 3. The number of benzene rings is 1. The Morgan fingerprint density at radius 2 is 1.55 bits per heavy atom. The molecule has 314 valence electrons. The first kappa shape index (κ1) is 49.7. The molecule has 0 bridgehead atoms. The van der Waals surface area contributed by atoms with Crippen LogP contribution >= 0.6 is 0 Å². The van der Waals surface area contributed by atoms with Crippen molar-refractivity contribution in [3.63, 3.8) is 0 Å². The number of allylic oxidation sites excluding steroid dienone is 1. The van der Waals surface area contributed by atoms with Crippen molar-refractivity contribution in [1.29, 1.82) is 0 Å². The summed E-state index contributed by atoms with van der Waals surface area (Å²) in [5, 5.41) is 30.5. The second kappa shape index (κ2) is 23.1. The van der Waals surface area contributed by atoms with Crippen LogP contribution in [-0.4, -0.2) is 97.7 Å². The molecule has 0 amide bonds. The topological polar surface area (TPSA) is 172 Å². The van der Waals surface area contributed by atoms with Crippen molar-refractivity contribution in [2.45, 2.75) is 150 Å². The van der Waals surface area contributed by atoms with Gasteiger partial charge in [-0.1, -0.05) is 46.2 Å². The third-order valence-electron chi connectivity index (χ3n) is 10.3. The van der Waals surface area contributed by atoms with Crippen molar-refractivity contribution in [1.82, 2.24) is 0 Å². The van der Waals surface area contributed by atoms with Gasteiger partial charge in [0.25, 0.3) is 0 Å². The first-order valence-corrected chi connectivity index (χ1v) is 19.1. The first-order valence-electron chi connectivity index (χ1n) is 19.1. The van der Waals surface area contributed by atoms with Gasteiger partial charge < -0.3 is 38.6 Å². The van der Waals surface area contributed by atoms with Crippen LogP contribution in [0.2, 0.25) is 0 Å². The average molecular weight is 783 g/mol. The van der Waals surface area contributed by atoms with E-state index >= 15 is 0 Å². The van der Waals surface area contributed by atoms with Crippen molar-refractivity contribution in [3.8, 4) is 5.75 Å². The predicted octanol–water partition coefficient (Wildman–Crippen LogP) is 7.27. The fourth-order valence-electron chi connectivity index (χ4n) is 6.52. The predicted molar refractivity (Wildman–Crippen MR) is 206 cm³/mol. The molecule has 1 aromatic carbocycles. The number of azo groups is 1. The van der Waals surface area contributed by atoms with Crippen molar-refractivity contribution in [2.75, 3.05) is 27.9 Å². The zero-order chi connectivity index (χ0) is 42.3. The largest absolute Gasteiger partial charge is 0.497 e. The first-order chi connectivity index (χ1) is 25.6. The summed E-state index contributed by atoms with van der Waals surface area (Å²) >= 11 is 0. The number of aliphatic hydroxyl groups excluding tert-OH is 1. The summed E-state index contributed by atoms with van der Waals surface area (Å²) in [5.41, 5.74) is -2.06. The Morgan fingerprint density at radius 1 is 0.945 bits per heavy atom. The van der Waals surface area contributed by atoms with Crippen LogP contribution in [0.1, 0.15) is 113 Å². The minimum atomic E-state index is -2.11. The summed E-state index contributed by atoms with van der Waals surface area (Å²) in [4.78, 5) is 40.9. The van der Waals surface area contributed by atoms with Crippen molar-refractivity contribution in [3.05, 3.63) is 41.2 Å². The average Bonchev–Trinajstić information content (AvgIpc) is 3.14. The third-order valence-corrected chi connectivity index (χ3v) is 10.3. The van der Waals surface area contributed by atoms with Crippen molar-refractivity contribution < 1.29 is 57.4 Å². The molecule has 13 nitrogen and oxygen atoms in total. The van der Waals surface area contributed by atoms with Gasteiger partial charge in [0.1, 0.15) is 24.1 Å². The molecule has 0 fully saturated rings. The molecular weight excluding hydrogens is 715 g/mol. The van der Waals surface area contributed by atoms with Crippen LogP contribution in [-0.2, 0) is 38.1 Å². The highest BCUT2D eigenvalue weighted by atomic mass is 19.1. The van der Waals surface area contributed by atoms with Crippen LogP contribution in [0.3, 0.4) is 0 Å². The number of hydrogen-bond donors (Lipinski definition) is 2. The van der Waals surface area contributed by atoms with Gasteiger partial charge in [-0.05, 0) is 84.6 Å². The third kappa shape index (κ3) is 14.3. The van der Waals surface area contributed by atoms with Crippen LogP contribution in [0.15, 0.2) is 45.9 Å². The molecule has 0 aliphatic carbocycles. The molecule has 1 rings (SSSR count). The van der Waals surface area contributed by atoms with E-state index in [1.807, 2.05) is 45.0 Å². The van der Waals surface area contributed by atoms with Gasteiger partial charge in [-0.15, -0.1) is 0 Å². The number of Topliss-reactive ketones (excluding diaryl/α,β-unsaturated/α-hetero) is 1. The maximum Gasteiger partial charge on any atom is 0.312 e. The molecule has 11 unspecified atom stereocenters. The maximum absolute atomic E-state index is 14.0. The molecule has 0 aliphatic rings. The molecule has 0 aromatic heterocycles. The summed E-state index contributed by atoms with van der Waals surface area (Å²) in [6.45, 7) is 17.6. The minimum Gasteiger partial charge on any atom is -0.497 e. The number of aliphatic hydroxyl groups is 2. The summed E-state index contributed by atoms with van der Waals surface area (Å²) in [5.74, 6) is -4.83. The van der Waals surface area contributed by atoms with Gasteiger partial charge in [0.05, 0.1) is 49.6 Å². The van der Waals surface area contributed by atoms with Crippen LogP contribution in [0.25, 0.3) is 0 Å². The fraction of sp³-hybridized carbons (Fsp3) is 0.732. The Bertz CT molecular complexity index is 1410. The SMILES string of the molecule is CCCC(C)(OC)C(OC(OC)C(C)O)C(C)C(OC(=O)CC(C)=C(C)F)C(C)C(=O)OC(CC)C(C)(O)C(=O)C(C)CN=NC(C)c1ccc(OC)cc1. The van der Waals surface area contributed by atoms with E-state index in [2.05, 4.69) is 10.2 Å². The Labute approximate surface area is 327 Å². The molecule has 14 heteroatoms. The normalized spacial score (nSPS) is 19.7. The van der Waals surface area contributed by atoms with Gasteiger partial charge in [-0.25, -0.2) is 4.39 Å². The Morgan fingerprint density at radius 3 is 2.02 bits per heavy atom. The van der Waals surface area contributed by atoms with E-state index in [-0.39, 0.29) is 31.0 Å². The van der Waals surface area contributed by atoms with Gasteiger partial charge in [0.2, 0.25) is 0 Å². The molecule has 0 saturated heterocycles. The highest BCUT2D eigenvalue weighted by Crippen LogP contribution is 2.36. The molecule has 0 aliphatic heterocycles. The molecule has 0 saturated carbocycles. The van der Waals surface area contributed by atoms with Crippen LogP contribution < -0.4 is 4.74 Å². The number of nitrogens with zero attached hydrogens (tertiary/aromatic N) is 2. The van der Waals surface area contributed by atoms with E-state index in [1.54, 1.807) is 27.9 Å². The summed E-state index contributed by atoms with van der Waals surface area (Å²) < 4.78 is 48.7. The van der Waals surface area contributed by atoms with Crippen LogP contribution in [0, 0.1) is 17.8 Å². The second-order valence-corrected chi connectivity index (χ2v) is 14.9. The number of methoxy groups -OCH3 is 3. The fourth-order valence-corrected chi connectivity index (χ4v) is 6.52. The second-order valence-electron chi connectivity index (χ2n) is 14.9. The quantitative estimate of drug-likeness (QED) is 0.0581. The summed E-state index contributed by atoms with van der Waals surface area (Å²) in [6.07, 6.45) is -4.73. The highest BCUT2D eigenvalue weighted by molar-refractivity contribution is 5.90. The lowest BCUT2D eigenvalue weighted by Gasteiger charge is -2.44. The minimum absolute atomic E-state index is 0.00956. The van der Waals surface area contributed by atoms with Crippen LogP contribution in [0.5, 0.6) is 5.75 Å². The number of ketones is 1. The smallest absolute Gasteiger partial charge is 0.312 e. The van der Waals surface area contributed by atoms with E-state index in [4.69, 9.17) is 28.4 Å². The lowest BCUT2D eigenvalue weighted by molar-refractivity contribution is -0.259. The number of rotatable bonds is 25. The van der Waals surface area contributed by atoms with Crippen molar-refractivity contribution >= 4 is 17.7 Å². The molecule has 1 aromatic rings. The van der Waals surface area contributed by atoms with E-state index in [9.17, 15) is 29.0 Å². The van der Waals surface area contributed by atoms with E-state index in [0.29, 0.717) is 18.6 Å². The maximum atomic E-state index is 14.0. The summed E-state index contributed by atoms with van der Waals surface area (Å²) in [7, 11) is 4.47. The Hall–Kier alpha value is -3.30. The number of ether oxygens (including phenoxy) is 6. The van der Waals surface area contributed by atoms with E-state index in [1.165, 1.54) is 48.8 Å².